The fourth-order valence-corrected chi connectivity index (χ4v) is 6.38. The average Bonchev–Trinajstić information content (AvgIpc) is 3.92. The predicted octanol–water partition coefficient (Wildman–Crippen LogP) is -3.25. The van der Waals surface area contributed by atoms with Gasteiger partial charge < -0.3 is 67.0 Å². The van der Waals surface area contributed by atoms with Crippen LogP contribution in [-0.2, 0) is 83.8 Å². The summed E-state index contributed by atoms with van der Waals surface area (Å²) < 4.78 is 19.8. The van der Waals surface area contributed by atoms with Gasteiger partial charge in [0.25, 0.3) is 0 Å². The van der Waals surface area contributed by atoms with Crippen molar-refractivity contribution in [1.82, 2.24) is 62.1 Å². The molecule has 2 aromatic heterocycles. The summed E-state index contributed by atoms with van der Waals surface area (Å²) in [6.07, 6.45) is 7.48. The topological polar surface area (TPSA) is 339 Å². The number of benzene rings is 1. The first kappa shape index (κ1) is 56.3. The van der Waals surface area contributed by atoms with Crippen LogP contribution < -0.4 is 48.3 Å². The maximum absolute atomic E-state index is 13.3. The third kappa shape index (κ3) is 23.0. The van der Waals surface area contributed by atoms with Gasteiger partial charge in [0.2, 0.25) is 53.2 Å². The van der Waals surface area contributed by atoms with E-state index in [1.807, 2.05) is 49.7 Å². The molecule has 380 valence electrons. The molecule has 25 nitrogen and oxygen atoms in total. The Bertz CT molecular complexity index is 2160. The Labute approximate surface area is 399 Å². The van der Waals surface area contributed by atoms with E-state index in [1.54, 1.807) is 17.1 Å². The summed E-state index contributed by atoms with van der Waals surface area (Å²) in [7, 11) is 1.83. The summed E-state index contributed by atoms with van der Waals surface area (Å²) in [4.78, 5) is 112. The number of hydrogen-bond donors (Lipinski definition) is 9. The lowest BCUT2D eigenvalue weighted by atomic mass is 10.0. The minimum Gasteiger partial charge on any atom is -0.377 e. The Morgan fingerprint density at radius 3 is 1.84 bits per heavy atom. The lowest BCUT2D eigenvalue weighted by molar-refractivity contribution is -0.132. The molecular weight excluding hydrogens is 903 g/mol. The number of carbonyl (C=O) groups excluding carboxylic acids is 9. The van der Waals surface area contributed by atoms with Gasteiger partial charge in [0.1, 0.15) is 18.7 Å². The van der Waals surface area contributed by atoms with Gasteiger partial charge in [0, 0.05) is 62.7 Å². The number of para-hydroxylation sites is 1. The summed E-state index contributed by atoms with van der Waals surface area (Å²) in [5, 5.41) is 28.8. The van der Waals surface area contributed by atoms with E-state index in [4.69, 9.17) is 19.9 Å². The number of ether oxygens (including phenoxy) is 3. The fourth-order valence-electron chi connectivity index (χ4n) is 6.38. The highest BCUT2D eigenvalue weighted by Gasteiger charge is 2.25. The predicted molar refractivity (Wildman–Crippen MR) is 248 cm³/mol. The second-order valence-electron chi connectivity index (χ2n) is 15.7. The maximum atomic E-state index is 13.3. The minimum absolute atomic E-state index is 0.00890. The molecule has 1 aromatic carbocycles. The number of unbranched alkanes of at least 4 members (excludes halogenated alkanes) is 2. The molecule has 0 unspecified atom stereocenters. The number of aryl methyl sites for hydroxylation is 2. The molecule has 0 aliphatic carbocycles. The molecule has 0 radical (unpaired) electrons. The number of carbonyl (C=O) groups is 9. The van der Waals surface area contributed by atoms with E-state index in [0.717, 1.165) is 42.1 Å². The molecule has 25 heteroatoms. The monoisotopic (exact) mass is 970 g/mol. The van der Waals surface area contributed by atoms with Gasteiger partial charge in [-0.15, -0.1) is 5.10 Å². The van der Waals surface area contributed by atoms with Crippen molar-refractivity contribution in [3.05, 3.63) is 47.9 Å². The van der Waals surface area contributed by atoms with Gasteiger partial charge in [0.15, 0.2) is 0 Å². The van der Waals surface area contributed by atoms with Crippen LogP contribution in [-0.4, -0.2) is 164 Å². The van der Waals surface area contributed by atoms with Crippen LogP contribution in [0.3, 0.4) is 0 Å². The zero-order valence-electron chi connectivity index (χ0n) is 39.5. The van der Waals surface area contributed by atoms with E-state index in [0.29, 0.717) is 38.4 Å². The lowest BCUT2D eigenvalue weighted by Crippen LogP contribution is -2.53. The number of nitrogens with two attached hydrogens (primary N) is 1. The van der Waals surface area contributed by atoms with E-state index < -0.39 is 98.7 Å². The van der Waals surface area contributed by atoms with Gasteiger partial charge in [-0.25, -0.2) is 0 Å². The Morgan fingerprint density at radius 1 is 0.623 bits per heavy atom. The number of nitrogens with zero attached hydrogens (tertiary/aromatic N) is 4. The van der Waals surface area contributed by atoms with Crippen LogP contribution in [0.1, 0.15) is 57.2 Å². The van der Waals surface area contributed by atoms with Crippen LogP contribution in [0.5, 0.6) is 0 Å². The molecule has 2 atom stereocenters. The molecule has 0 aliphatic heterocycles. The van der Waals surface area contributed by atoms with Gasteiger partial charge in [-0.1, -0.05) is 50.1 Å². The third-order valence-electron chi connectivity index (χ3n) is 9.95. The highest BCUT2D eigenvalue weighted by molar-refractivity contribution is 5.95. The zero-order valence-corrected chi connectivity index (χ0v) is 39.5. The molecule has 0 saturated heterocycles. The highest BCUT2D eigenvalue weighted by Crippen LogP contribution is 2.21. The van der Waals surface area contributed by atoms with E-state index >= 15 is 0 Å². The molecule has 10 N–H and O–H groups in total. The Hall–Kier alpha value is -6.99. The average molecular weight is 970 g/mol. The Balaban J connectivity index is 1.44. The van der Waals surface area contributed by atoms with E-state index in [2.05, 4.69) is 52.8 Å². The Kier molecular flexibility index (Phi) is 26.0. The van der Waals surface area contributed by atoms with Gasteiger partial charge in [0.05, 0.1) is 71.5 Å². The van der Waals surface area contributed by atoms with Crippen LogP contribution in [0.15, 0.2) is 36.7 Å². The molecule has 9 amide bonds. The molecule has 3 rings (SSSR count). The van der Waals surface area contributed by atoms with Crippen molar-refractivity contribution in [3.63, 3.8) is 0 Å². The van der Waals surface area contributed by atoms with Crippen LogP contribution >= 0.6 is 0 Å². The van der Waals surface area contributed by atoms with Gasteiger partial charge in [-0.3, -0.25) is 47.8 Å². The van der Waals surface area contributed by atoms with E-state index in [1.165, 1.54) is 0 Å². The number of fused-ring (bicyclic) bond motifs is 1. The van der Waals surface area contributed by atoms with Crippen molar-refractivity contribution in [1.29, 1.82) is 0 Å². The van der Waals surface area contributed by atoms with Gasteiger partial charge in [-0.05, 0) is 24.5 Å². The van der Waals surface area contributed by atoms with Gasteiger partial charge >= 0.3 is 0 Å². The number of hydrogen-bond acceptors (Lipinski definition) is 14. The number of amides is 9. The van der Waals surface area contributed by atoms with Crippen molar-refractivity contribution in [3.8, 4) is 0 Å². The van der Waals surface area contributed by atoms with Crippen LogP contribution in [0.25, 0.3) is 10.9 Å². The lowest BCUT2D eigenvalue weighted by Gasteiger charge is -2.19. The first-order valence-electron chi connectivity index (χ1n) is 22.8. The molecule has 0 aliphatic rings. The third-order valence-corrected chi connectivity index (χ3v) is 9.95. The normalized spacial score (nSPS) is 11.8. The van der Waals surface area contributed by atoms with Crippen molar-refractivity contribution in [2.45, 2.75) is 77.4 Å². The molecular formula is C44H67N13O12. The van der Waals surface area contributed by atoms with E-state index in [9.17, 15) is 43.2 Å². The van der Waals surface area contributed by atoms with Crippen molar-refractivity contribution in [2.24, 2.45) is 12.8 Å². The second-order valence-corrected chi connectivity index (χ2v) is 15.7. The first-order chi connectivity index (χ1) is 33.2. The van der Waals surface area contributed by atoms with Crippen molar-refractivity contribution < 1.29 is 57.4 Å². The summed E-state index contributed by atoms with van der Waals surface area (Å²) in [5.41, 5.74) is 7.07. The molecule has 2 heterocycles. The zero-order chi connectivity index (χ0) is 50.4. The van der Waals surface area contributed by atoms with Crippen molar-refractivity contribution in [2.75, 3.05) is 78.9 Å². The summed E-state index contributed by atoms with van der Waals surface area (Å²) in [6.45, 7) is 3.19. The second kappa shape index (κ2) is 31.9. The van der Waals surface area contributed by atoms with Crippen LogP contribution in [0.4, 0.5) is 0 Å². The summed E-state index contributed by atoms with van der Waals surface area (Å²) in [5.74, 6) is -5.79. The smallest absolute Gasteiger partial charge is 0.246 e. The number of aromatic nitrogens is 4. The summed E-state index contributed by atoms with van der Waals surface area (Å²) >= 11 is 0. The van der Waals surface area contributed by atoms with Gasteiger partial charge in [-0.2, -0.15) is 0 Å². The number of primary amides is 1. The molecule has 0 spiro atoms. The molecule has 0 saturated carbocycles. The van der Waals surface area contributed by atoms with Crippen LogP contribution in [0, 0.1) is 0 Å². The maximum Gasteiger partial charge on any atom is 0.246 e. The largest absolute Gasteiger partial charge is 0.377 e. The molecule has 0 bridgehead atoms. The minimum atomic E-state index is -1.19. The summed E-state index contributed by atoms with van der Waals surface area (Å²) in [6, 6.07) is 5.06. The Morgan fingerprint density at radius 2 is 1.19 bits per heavy atom. The van der Waals surface area contributed by atoms with Crippen molar-refractivity contribution >= 4 is 64.1 Å². The van der Waals surface area contributed by atoms with Crippen LogP contribution in [0.2, 0.25) is 0 Å². The standard InChI is InChI=1S/C44H67N13O12/c1-4-6-12-37(59)46-13-15-67-16-17-68-18-19-69-29-42(64)53-34(21-31-28-57(55-54-31)14-7-5-2)44(66)51-25-40(62)48-23-38(60)49-26-41(63)52-33(43(65)50-24-39(61)47-22-36(45)58)20-30-27-56(3)35-11-9-8-10-32(30)35/h8-11,27-28,33-34H,4-7,12-26,29H2,1-3H3,(H2,45,58)(H,46,59)(H,47,61)(H,48,62)(H,49,60)(H,50,65)(H,51,66)(H,52,63)(H,53,64)/t33-,34+/m1/s1. The molecule has 3 aromatic rings. The number of nitrogens with one attached hydrogen (secondary N) is 8. The SMILES string of the molecule is CCCCC(=O)NCCOCCOCCOCC(=O)N[C@@H](Cc1cn(CCCC)nn1)C(=O)NCC(=O)NCC(=O)NCC(=O)N[C@H](Cc1cn(C)c2ccccc12)C(=O)NCC(=O)NCC(N)=O. The molecule has 0 fully saturated rings. The molecule has 69 heavy (non-hydrogen) atoms. The first-order valence-corrected chi connectivity index (χ1v) is 22.8. The number of rotatable bonds is 35. The highest BCUT2D eigenvalue weighted by atomic mass is 16.5. The quantitative estimate of drug-likeness (QED) is 0.0262. The fraction of sp³-hybridized carbons (Fsp3) is 0.568. The van der Waals surface area contributed by atoms with E-state index in [-0.39, 0.29) is 38.6 Å².